The summed E-state index contributed by atoms with van der Waals surface area (Å²) in [6.07, 6.45) is -3.81. The minimum atomic E-state index is -1.52. The number of benzene rings is 1. The third-order valence-corrected chi connectivity index (χ3v) is 5.78. The molecule has 2 aromatic rings. The van der Waals surface area contributed by atoms with E-state index < -0.39 is 43.4 Å². The fourth-order valence-electron chi connectivity index (χ4n) is 3.57. The van der Waals surface area contributed by atoms with E-state index in [0.717, 1.165) is 5.56 Å². The van der Waals surface area contributed by atoms with Crippen LogP contribution in [-0.2, 0) is 16.0 Å². The average Bonchev–Trinajstić information content (AvgIpc) is 3.24. The highest BCUT2D eigenvalue weighted by molar-refractivity contribution is 6.35. The van der Waals surface area contributed by atoms with Gasteiger partial charge in [-0.25, -0.2) is 4.98 Å². The molecule has 0 radical (unpaired) electrons. The van der Waals surface area contributed by atoms with E-state index in [1.807, 2.05) is 6.92 Å². The molecule has 0 spiro atoms. The maximum atomic E-state index is 10.4. The Morgan fingerprint density at radius 2 is 1.97 bits per heavy atom. The summed E-state index contributed by atoms with van der Waals surface area (Å²) < 4.78 is 13.2. The van der Waals surface area contributed by atoms with Gasteiger partial charge in [-0.05, 0) is 24.1 Å². The third-order valence-electron chi connectivity index (χ3n) is 5.22. The van der Waals surface area contributed by atoms with Gasteiger partial charge in [-0.15, -0.1) is 0 Å². The topological polar surface area (TPSA) is 130 Å². The molecule has 1 aliphatic heterocycles. The molecule has 1 aromatic carbocycles. The Balaban J connectivity index is 1.88. The van der Waals surface area contributed by atoms with Gasteiger partial charge in [-0.2, -0.15) is 5.10 Å². The molecule has 0 aliphatic carbocycles. The van der Waals surface area contributed by atoms with Gasteiger partial charge in [0, 0.05) is 16.0 Å². The first-order valence-electron chi connectivity index (χ1n) is 9.59. The van der Waals surface area contributed by atoms with Crippen LogP contribution in [0.5, 0.6) is 0 Å². The van der Waals surface area contributed by atoms with Crippen LogP contribution in [0.1, 0.15) is 24.8 Å². The summed E-state index contributed by atoms with van der Waals surface area (Å²) in [5, 5.41) is 44.9. The first-order valence-corrected chi connectivity index (χ1v) is 10.3. The number of hydrogen-bond acceptors (Lipinski definition) is 8. The molecule has 4 N–H and O–H groups in total. The van der Waals surface area contributed by atoms with Crippen molar-refractivity contribution in [3.05, 3.63) is 46.5 Å². The van der Waals surface area contributed by atoms with E-state index >= 15 is 0 Å². The van der Waals surface area contributed by atoms with Gasteiger partial charge >= 0.3 is 0 Å². The number of ether oxygens (including phenoxy) is 2. The van der Waals surface area contributed by atoms with Crippen molar-refractivity contribution in [2.24, 2.45) is 0 Å². The van der Waals surface area contributed by atoms with E-state index in [0.29, 0.717) is 23.0 Å². The highest BCUT2D eigenvalue weighted by atomic mass is 35.5. The lowest BCUT2D eigenvalue weighted by Gasteiger charge is -2.42. The third kappa shape index (κ3) is 5.12. The number of hydrogen-bond donors (Lipinski definition) is 4. The molecular formula is C19H25Cl2N3O6. The lowest BCUT2D eigenvalue weighted by Crippen LogP contribution is -2.59. The van der Waals surface area contributed by atoms with Crippen molar-refractivity contribution < 1.29 is 29.9 Å². The largest absolute Gasteiger partial charge is 0.394 e. The van der Waals surface area contributed by atoms with Crippen LogP contribution in [0.4, 0.5) is 0 Å². The van der Waals surface area contributed by atoms with Gasteiger partial charge in [0.05, 0.1) is 19.3 Å². The van der Waals surface area contributed by atoms with Gasteiger partial charge in [-0.1, -0.05) is 36.2 Å². The quantitative estimate of drug-likeness (QED) is 0.457. The molecule has 0 bridgehead atoms. The number of halogens is 2. The minimum absolute atomic E-state index is 0.325. The van der Waals surface area contributed by atoms with E-state index in [4.69, 9.17) is 32.7 Å². The molecule has 1 aromatic heterocycles. The first-order chi connectivity index (χ1) is 14.3. The van der Waals surface area contributed by atoms with Crippen molar-refractivity contribution in [1.82, 2.24) is 14.8 Å². The van der Waals surface area contributed by atoms with Crippen molar-refractivity contribution in [3.63, 3.8) is 0 Å². The van der Waals surface area contributed by atoms with E-state index in [1.165, 1.54) is 6.33 Å². The molecule has 166 valence electrons. The molecule has 9 nitrogen and oxygen atoms in total. The van der Waals surface area contributed by atoms with Gasteiger partial charge in [0.25, 0.3) is 0 Å². The van der Waals surface area contributed by atoms with Crippen molar-refractivity contribution >= 4 is 23.2 Å². The molecule has 3 rings (SSSR count). The highest BCUT2D eigenvalue weighted by Crippen LogP contribution is 2.35. The van der Waals surface area contributed by atoms with Gasteiger partial charge in [0.2, 0.25) is 0 Å². The molecular weight excluding hydrogens is 437 g/mol. The fourth-order valence-corrected chi connectivity index (χ4v) is 4.12. The van der Waals surface area contributed by atoms with Crippen LogP contribution in [0.15, 0.2) is 30.9 Å². The zero-order chi connectivity index (χ0) is 21.8. The fraction of sp³-hybridized carbons (Fsp3) is 0.579. The molecule has 1 aliphatic rings. The number of nitrogens with zero attached hydrogens (tertiary/aromatic N) is 3. The Morgan fingerprint density at radius 3 is 2.57 bits per heavy atom. The molecule has 2 unspecified atom stereocenters. The Hall–Kier alpha value is -1.30. The van der Waals surface area contributed by atoms with E-state index in [1.54, 1.807) is 29.2 Å². The van der Waals surface area contributed by atoms with Crippen molar-refractivity contribution in [3.8, 4) is 0 Å². The SMILES string of the molecule is CCC(O[C@@H]1O[C@H](CO)[C@@H](O)[C@H](O)[C@H]1O)C(Cn1cncn1)c1ccc(Cl)cc1Cl. The maximum absolute atomic E-state index is 10.4. The van der Waals surface area contributed by atoms with Crippen molar-refractivity contribution in [1.29, 1.82) is 0 Å². The molecule has 11 heteroatoms. The molecule has 7 atom stereocenters. The summed E-state index contributed by atoms with van der Waals surface area (Å²) >= 11 is 12.5. The smallest absolute Gasteiger partial charge is 0.186 e. The van der Waals surface area contributed by atoms with Crippen molar-refractivity contribution in [2.75, 3.05) is 6.61 Å². The summed E-state index contributed by atoms with van der Waals surface area (Å²) in [7, 11) is 0. The predicted molar refractivity (Wildman–Crippen MR) is 108 cm³/mol. The number of aromatic nitrogens is 3. The standard InChI is InChI=1S/C19H25Cl2N3O6/c1-2-14(29-19-18(28)17(27)16(26)15(7-25)30-19)12(6-24-9-22-8-23-24)11-4-3-10(20)5-13(11)21/h3-5,8-9,12,14-19,25-28H,2,6-7H2,1H3/t12?,14?,15-,16-,17+,18-,19-/m1/s1. The molecule has 0 saturated carbocycles. The zero-order valence-electron chi connectivity index (χ0n) is 16.3. The Bertz CT molecular complexity index is 810. The van der Waals surface area contributed by atoms with Crippen LogP contribution in [0.2, 0.25) is 10.0 Å². The van der Waals surface area contributed by atoms with Gasteiger partial charge in [0.1, 0.15) is 37.1 Å². The second-order valence-electron chi connectivity index (χ2n) is 7.17. The first kappa shape index (κ1) is 23.4. The summed E-state index contributed by atoms with van der Waals surface area (Å²) in [6, 6.07) is 5.15. The molecule has 1 fully saturated rings. The summed E-state index contributed by atoms with van der Waals surface area (Å²) in [5.74, 6) is -0.325. The number of rotatable bonds is 8. The van der Waals surface area contributed by atoms with Crippen LogP contribution in [0, 0.1) is 0 Å². The van der Waals surface area contributed by atoms with Crippen LogP contribution in [0.3, 0.4) is 0 Å². The van der Waals surface area contributed by atoms with Crippen LogP contribution in [-0.4, -0.2) is 78.6 Å². The normalized spacial score (nSPS) is 29.0. The van der Waals surface area contributed by atoms with E-state index in [-0.39, 0.29) is 5.92 Å². The zero-order valence-corrected chi connectivity index (χ0v) is 17.8. The average molecular weight is 462 g/mol. The Morgan fingerprint density at radius 1 is 1.20 bits per heavy atom. The summed E-state index contributed by atoms with van der Waals surface area (Å²) in [6.45, 7) is 1.73. The Labute approximate surface area is 183 Å². The summed E-state index contributed by atoms with van der Waals surface area (Å²) in [5.41, 5.74) is 0.757. The highest BCUT2D eigenvalue weighted by Gasteiger charge is 2.45. The molecule has 30 heavy (non-hydrogen) atoms. The second kappa shape index (κ2) is 10.3. The van der Waals surface area contributed by atoms with Gasteiger partial charge in [0.15, 0.2) is 6.29 Å². The lowest BCUT2D eigenvalue weighted by molar-refractivity contribution is -0.313. The molecule has 2 heterocycles. The maximum Gasteiger partial charge on any atom is 0.186 e. The van der Waals surface area contributed by atoms with E-state index in [9.17, 15) is 20.4 Å². The van der Waals surface area contributed by atoms with E-state index in [2.05, 4.69) is 10.1 Å². The Kier molecular flexibility index (Phi) is 8.05. The predicted octanol–water partition coefficient (Wildman–Crippen LogP) is 0.964. The molecule has 0 amide bonds. The number of aliphatic hydroxyl groups is 4. The van der Waals surface area contributed by atoms with Crippen LogP contribution < -0.4 is 0 Å². The summed E-state index contributed by atoms with van der Waals surface area (Å²) in [4.78, 5) is 3.96. The van der Waals surface area contributed by atoms with Crippen LogP contribution in [0.25, 0.3) is 0 Å². The lowest BCUT2D eigenvalue weighted by atomic mass is 9.91. The van der Waals surface area contributed by atoms with Crippen molar-refractivity contribution in [2.45, 2.75) is 62.6 Å². The minimum Gasteiger partial charge on any atom is -0.394 e. The van der Waals surface area contributed by atoms with Crippen LogP contribution >= 0.6 is 23.2 Å². The van der Waals surface area contributed by atoms with Gasteiger partial charge in [-0.3, -0.25) is 4.68 Å². The number of aliphatic hydroxyl groups excluding tert-OH is 4. The monoisotopic (exact) mass is 461 g/mol. The second-order valence-corrected chi connectivity index (χ2v) is 8.01. The molecule has 1 saturated heterocycles. The van der Waals surface area contributed by atoms with Gasteiger partial charge < -0.3 is 29.9 Å².